The number of carbonyl (C=O) groups excluding carboxylic acids is 2. The summed E-state index contributed by atoms with van der Waals surface area (Å²) in [5.74, 6) is -0.338. The predicted molar refractivity (Wildman–Crippen MR) is 114 cm³/mol. The zero-order valence-electron chi connectivity index (χ0n) is 16.4. The van der Waals surface area contributed by atoms with Gasteiger partial charge in [0.2, 0.25) is 5.91 Å². The molecule has 0 atom stereocenters. The number of rotatable bonds is 8. The molecule has 0 radical (unpaired) electrons. The lowest BCUT2D eigenvalue weighted by Crippen LogP contribution is -2.39. The Morgan fingerprint density at radius 2 is 1.66 bits per heavy atom. The molecule has 0 bridgehead atoms. The van der Waals surface area contributed by atoms with Gasteiger partial charge in [0.05, 0.1) is 4.90 Å². The van der Waals surface area contributed by atoms with E-state index >= 15 is 0 Å². The lowest BCUT2D eigenvalue weighted by Gasteiger charge is -2.09. The first-order valence-corrected chi connectivity index (χ1v) is 10.7. The number of carbonyl (C=O) groups is 2. The highest BCUT2D eigenvalue weighted by molar-refractivity contribution is 7.90. The Kier molecular flexibility index (Phi) is 7.97. The minimum atomic E-state index is -3.98. The van der Waals surface area contributed by atoms with Crippen molar-refractivity contribution in [2.24, 2.45) is 0 Å². The monoisotopic (exact) mass is 415 g/mol. The average Bonchev–Trinajstić information content (AvgIpc) is 2.68. The number of benzene rings is 2. The Labute approximate surface area is 171 Å². The number of unbranched alkanes of at least 4 members (excludes halogenated alkanes) is 1. The molecule has 7 nitrogen and oxygen atoms in total. The third-order valence-corrected chi connectivity index (χ3v) is 5.33. The van der Waals surface area contributed by atoms with Crippen LogP contribution < -0.4 is 15.4 Å². The Hall–Kier alpha value is -3.13. The molecule has 2 rings (SSSR count). The van der Waals surface area contributed by atoms with Gasteiger partial charge in [-0.05, 0) is 49.2 Å². The first kappa shape index (κ1) is 22.2. The van der Waals surface area contributed by atoms with Gasteiger partial charge in [-0.25, -0.2) is 17.9 Å². The molecule has 0 fully saturated rings. The van der Waals surface area contributed by atoms with Crippen molar-refractivity contribution in [3.63, 3.8) is 0 Å². The van der Waals surface area contributed by atoms with Crippen LogP contribution in [0.3, 0.4) is 0 Å². The Bertz CT molecular complexity index is 966. The van der Waals surface area contributed by atoms with Gasteiger partial charge in [0, 0.05) is 18.3 Å². The number of sulfonamides is 1. The molecule has 0 unspecified atom stereocenters. The summed E-state index contributed by atoms with van der Waals surface area (Å²) in [6.45, 7) is 4.35. The first-order chi connectivity index (χ1) is 13.8. The number of aryl methyl sites for hydroxylation is 1. The second kappa shape index (κ2) is 10.4. The molecule has 29 heavy (non-hydrogen) atoms. The number of urea groups is 1. The number of hydrogen-bond donors (Lipinski definition) is 3. The van der Waals surface area contributed by atoms with Gasteiger partial charge in [0.1, 0.15) is 0 Å². The molecule has 0 saturated heterocycles. The first-order valence-electron chi connectivity index (χ1n) is 9.26. The zero-order valence-corrected chi connectivity index (χ0v) is 17.3. The molecule has 2 aromatic rings. The van der Waals surface area contributed by atoms with Crippen LogP contribution in [0, 0.1) is 6.92 Å². The Balaban J connectivity index is 1.94. The van der Waals surface area contributed by atoms with E-state index in [2.05, 4.69) is 10.6 Å². The lowest BCUT2D eigenvalue weighted by atomic mass is 10.1. The second-order valence-electron chi connectivity index (χ2n) is 6.47. The van der Waals surface area contributed by atoms with E-state index in [1.54, 1.807) is 6.08 Å². The largest absolute Gasteiger partial charge is 0.337 e. The molecule has 0 spiro atoms. The van der Waals surface area contributed by atoms with E-state index in [-0.39, 0.29) is 10.8 Å². The number of amides is 3. The van der Waals surface area contributed by atoms with Gasteiger partial charge < -0.3 is 10.6 Å². The van der Waals surface area contributed by atoms with Gasteiger partial charge in [0.25, 0.3) is 10.0 Å². The van der Waals surface area contributed by atoms with Gasteiger partial charge in [-0.15, -0.1) is 0 Å². The van der Waals surface area contributed by atoms with Gasteiger partial charge in [-0.2, -0.15) is 0 Å². The van der Waals surface area contributed by atoms with Crippen molar-refractivity contribution in [1.82, 2.24) is 10.0 Å². The molecular formula is C21H25N3O4S. The summed E-state index contributed by atoms with van der Waals surface area (Å²) in [6.07, 6.45) is 4.74. The lowest BCUT2D eigenvalue weighted by molar-refractivity contribution is -0.111. The van der Waals surface area contributed by atoms with Crippen molar-refractivity contribution in [2.45, 2.75) is 31.6 Å². The molecule has 0 aliphatic carbocycles. The summed E-state index contributed by atoms with van der Waals surface area (Å²) in [7, 11) is -3.98. The summed E-state index contributed by atoms with van der Waals surface area (Å²) < 4.78 is 26.4. The van der Waals surface area contributed by atoms with E-state index < -0.39 is 16.1 Å². The highest BCUT2D eigenvalue weighted by atomic mass is 32.2. The Morgan fingerprint density at radius 1 is 1.00 bits per heavy atom. The molecule has 2 aromatic carbocycles. The molecular weight excluding hydrogens is 390 g/mol. The van der Waals surface area contributed by atoms with E-state index in [4.69, 9.17) is 0 Å². The van der Waals surface area contributed by atoms with Crippen molar-refractivity contribution in [3.05, 3.63) is 65.7 Å². The minimum Gasteiger partial charge on any atom is -0.337 e. The van der Waals surface area contributed by atoms with Crippen molar-refractivity contribution in [3.8, 4) is 0 Å². The van der Waals surface area contributed by atoms with Crippen molar-refractivity contribution >= 4 is 33.7 Å². The maximum Gasteiger partial charge on any atom is 0.328 e. The fourth-order valence-corrected chi connectivity index (χ4v) is 3.28. The number of nitrogens with one attached hydrogen (secondary N) is 3. The maximum atomic E-state index is 12.2. The summed E-state index contributed by atoms with van der Waals surface area (Å²) in [6, 6.07) is 12.5. The second-order valence-corrected chi connectivity index (χ2v) is 8.16. The van der Waals surface area contributed by atoms with Crippen molar-refractivity contribution in [2.75, 3.05) is 11.9 Å². The zero-order chi connectivity index (χ0) is 21.3. The normalized spacial score (nSPS) is 11.2. The van der Waals surface area contributed by atoms with Gasteiger partial charge in [0.15, 0.2) is 0 Å². The molecule has 0 heterocycles. The fourth-order valence-electron chi connectivity index (χ4n) is 2.35. The molecule has 0 aromatic heterocycles. The average molecular weight is 416 g/mol. The van der Waals surface area contributed by atoms with Crippen LogP contribution in [0.1, 0.15) is 30.9 Å². The Morgan fingerprint density at radius 3 is 2.28 bits per heavy atom. The van der Waals surface area contributed by atoms with Crippen LogP contribution in [0.15, 0.2) is 59.5 Å². The fraction of sp³-hybridized carbons (Fsp3) is 0.238. The van der Waals surface area contributed by atoms with Crippen LogP contribution >= 0.6 is 0 Å². The van der Waals surface area contributed by atoms with Crippen LogP contribution in [0.4, 0.5) is 10.5 Å². The van der Waals surface area contributed by atoms with E-state index in [9.17, 15) is 18.0 Å². The van der Waals surface area contributed by atoms with Gasteiger partial charge in [-0.1, -0.05) is 43.2 Å². The third kappa shape index (κ3) is 7.42. The predicted octanol–water partition coefficient (Wildman–Crippen LogP) is 3.43. The van der Waals surface area contributed by atoms with Crippen molar-refractivity contribution < 1.29 is 18.0 Å². The molecule has 0 saturated carbocycles. The number of hydrogen-bond acceptors (Lipinski definition) is 4. The molecule has 0 aliphatic heterocycles. The van der Waals surface area contributed by atoms with E-state index in [1.165, 1.54) is 30.3 Å². The highest BCUT2D eigenvalue weighted by Gasteiger charge is 2.17. The standard InChI is InChI=1S/C21H25N3O4S/c1-3-4-15-22-21(26)24-29(27,28)19-12-10-18(11-13-19)23-20(25)14-9-17-7-5-16(2)6-8-17/h5-14H,3-4,15H2,1-2H3,(H,23,25)(H2,22,24,26)/b14-9+. The van der Waals surface area contributed by atoms with Crippen LogP contribution in [0.5, 0.6) is 0 Å². The van der Waals surface area contributed by atoms with Gasteiger partial charge in [-0.3, -0.25) is 4.79 Å². The quantitative estimate of drug-likeness (QED) is 0.454. The topological polar surface area (TPSA) is 104 Å². The summed E-state index contributed by atoms with van der Waals surface area (Å²) >= 11 is 0. The van der Waals surface area contributed by atoms with E-state index in [0.717, 1.165) is 24.0 Å². The highest BCUT2D eigenvalue weighted by Crippen LogP contribution is 2.14. The van der Waals surface area contributed by atoms with Crippen LogP contribution in [-0.4, -0.2) is 26.9 Å². The molecule has 8 heteroatoms. The summed E-state index contributed by atoms with van der Waals surface area (Å²) in [4.78, 5) is 23.6. The van der Waals surface area contributed by atoms with E-state index in [1.807, 2.05) is 42.8 Å². The molecule has 0 aliphatic rings. The third-order valence-electron chi connectivity index (χ3n) is 3.98. The SMILES string of the molecule is CCCCNC(=O)NS(=O)(=O)c1ccc(NC(=O)/C=C/c2ccc(C)cc2)cc1. The summed E-state index contributed by atoms with van der Waals surface area (Å²) in [5, 5.41) is 5.14. The summed E-state index contributed by atoms with van der Waals surface area (Å²) in [5.41, 5.74) is 2.47. The molecule has 3 N–H and O–H groups in total. The maximum absolute atomic E-state index is 12.2. The van der Waals surface area contributed by atoms with Crippen molar-refractivity contribution in [1.29, 1.82) is 0 Å². The smallest absolute Gasteiger partial charge is 0.328 e. The van der Waals surface area contributed by atoms with Gasteiger partial charge >= 0.3 is 6.03 Å². The number of anilines is 1. The van der Waals surface area contributed by atoms with Crippen LogP contribution in [-0.2, 0) is 14.8 Å². The molecule has 154 valence electrons. The van der Waals surface area contributed by atoms with E-state index in [0.29, 0.717) is 12.2 Å². The van der Waals surface area contributed by atoms with Crippen LogP contribution in [0.2, 0.25) is 0 Å². The molecule has 3 amide bonds. The minimum absolute atomic E-state index is 0.0728. The van der Waals surface area contributed by atoms with Crippen LogP contribution in [0.25, 0.3) is 6.08 Å².